The van der Waals surface area contributed by atoms with Crippen molar-refractivity contribution in [3.63, 3.8) is 0 Å². The number of aryl methyl sites for hydroxylation is 1. The van der Waals surface area contributed by atoms with E-state index in [1.807, 2.05) is 61.5 Å². The SMILES string of the molecule is Cc1nn(C(N)=S)c(-c2ccccc2)c1N=Nc1ccc(Br)cc1. The van der Waals surface area contributed by atoms with Crippen LogP contribution in [0.5, 0.6) is 0 Å². The van der Waals surface area contributed by atoms with Crippen molar-refractivity contribution in [1.29, 1.82) is 0 Å². The second-order valence-corrected chi connectivity index (χ2v) is 6.41. The van der Waals surface area contributed by atoms with Gasteiger partial charge in [-0.3, -0.25) is 0 Å². The second kappa shape index (κ2) is 7.02. The van der Waals surface area contributed by atoms with Gasteiger partial charge in [-0.1, -0.05) is 46.3 Å². The van der Waals surface area contributed by atoms with Gasteiger partial charge in [0.05, 0.1) is 11.4 Å². The maximum absolute atomic E-state index is 5.81. The van der Waals surface area contributed by atoms with E-state index in [1.165, 1.54) is 4.68 Å². The highest BCUT2D eigenvalue weighted by Gasteiger charge is 2.18. The van der Waals surface area contributed by atoms with Crippen molar-refractivity contribution in [2.45, 2.75) is 6.92 Å². The molecule has 0 aliphatic heterocycles. The summed E-state index contributed by atoms with van der Waals surface area (Å²) in [7, 11) is 0. The van der Waals surface area contributed by atoms with Crippen molar-refractivity contribution in [2.24, 2.45) is 16.0 Å². The highest BCUT2D eigenvalue weighted by atomic mass is 79.9. The molecule has 1 aromatic heterocycles. The molecule has 0 amide bonds. The quantitative estimate of drug-likeness (QED) is 0.490. The van der Waals surface area contributed by atoms with E-state index in [2.05, 4.69) is 31.3 Å². The Labute approximate surface area is 153 Å². The smallest absolute Gasteiger partial charge is 0.191 e. The van der Waals surface area contributed by atoms with E-state index in [0.717, 1.165) is 21.4 Å². The Morgan fingerprint density at radius 1 is 1.08 bits per heavy atom. The third-order valence-corrected chi connectivity index (χ3v) is 4.08. The number of aromatic nitrogens is 2. The minimum atomic E-state index is 0.169. The van der Waals surface area contributed by atoms with Crippen molar-refractivity contribution in [1.82, 2.24) is 9.78 Å². The zero-order valence-electron chi connectivity index (χ0n) is 12.8. The van der Waals surface area contributed by atoms with Crippen molar-refractivity contribution < 1.29 is 0 Å². The van der Waals surface area contributed by atoms with Gasteiger partial charge in [0.1, 0.15) is 11.4 Å². The Morgan fingerprint density at radius 3 is 2.38 bits per heavy atom. The fourth-order valence-electron chi connectivity index (χ4n) is 2.27. The summed E-state index contributed by atoms with van der Waals surface area (Å²) in [4.78, 5) is 0. The lowest BCUT2D eigenvalue weighted by molar-refractivity contribution is 0.923. The number of hydrogen-bond acceptors (Lipinski definition) is 4. The predicted molar refractivity (Wildman–Crippen MR) is 103 cm³/mol. The van der Waals surface area contributed by atoms with Gasteiger partial charge < -0.3 is 5.73 Å². The Hall–Kier alpha value is -2.38. The average Bonchev–Trinajstić information content (AvgIpc) is 2.92. The molecule has 0 radical (unpaired) electrons. The molecule has 0 aliphatic carbocycles. The molecule has 2 aromatic carbocycles. The van der Waals surface area contributed by atoms with E-state index in [4.69, 9.17) is 18.0 Å². The Morgan fingerprint density at radius 2 is 1.75 bits per heavy atom. The fourth-order valence-corrected chi connectivity index (χ4v) is 2.67. The van der Waals surface area contributed by atoms with Gasteiger partial charge in [0, 0.05) is 10.0 Å². The highest BCUT2D eigenvalue weighted by Crippen LogP contribution is 2.34. The van der Waals surface area contributed by atoms with Crippen molar-refractivity contribution in [3.8, 4) is 11.3 Å². The minimum absolute atomic E-state index is 0.169. The topological polar surface area (TPSA) is 68.6 Å². The van der Waals surface area contributed by atoms with Gasteiger partial charge in [0.15, 0.2) is 5.11 Å². The first-order valence-electron chi connectivity index (χ1n) is 7.18. The number of nitrogens with two attached hydrogens (primary N) is 1. The maximum atomic E-state index is 5.81. The number of hydrogen-bond donors (Lipinski definition) is 1. The van der Waals surface area contributed by atoms with Gasteiger partial charge in [-0.25, -0.2) is 4.68 Å². The minimum Gasteiger partial charge on any atom is -0.374 e. The maximum Gasteiger partial charge on any atom is 0.191 e. The van der Waals surface area contributed by atoms with Crippen LogP contribution in [0, 0.1) is 6.92 Å². The lowest BCUT2D eigenvalue weighted by atomic mass is 10.1. The van der Waals surface area contributed by atoms with Gasteiger partial charge in [0.2, 0.25) is 0 Å². The summed E-state index contributed by atoms with van der Waals surface area (Å²) < 4.78 is 2.51. The number of thiocarbonyl (C=S) groups is 1. The molecule has 0 aliphatic rings. The molecule has 0 atom stereocenters. The van der Waals surface area contributed by atoms with Crippen LogP contribution in [0.2, 0.25) is 0 Å². The summed E-state index contributed by atoms with van der Waals surface area (Å²) in [5.74, 6) is 0. The molecule has 0 saturated heterocycles. The summed E-state index contributed by atoms with van der Waals surface area (Å²) in [6, 6.07) is 17.3. The first-order valence-corrected chi connectivity index (χ1v) is 8.38. The molecule has 0 bridgehead atoms. The van der Waals surface area contributed by atoms with Gasteiger partial charge in [-0.2, -0.15) is 10.2 Å². The lowest BCUT2D eigenvalue weighted by Crippen LogP contribution is -2.21. The predicted octanol–water partition coefficient (Wildman–Crippen LogP) is 5.13. The lowest BCUT2D eigenvalue weighted by Gasteiger charge is -2.05. The van der Waals surface area contributed by atoms with Crippen LogP contribution in [0.15, 0.2) is 69.3 Å². The Bertz CT molecular complexity index is 901. The molecule has 2 N–H and O–H groups in total. The average molecular weight is 400 g/mol. The largest absolute Gasteiger partial charge is 0.374 e. The molecule has 0 fully saturated rings. The second-order valence-electron chi connectivity index (χ2n) is 5.08. The number of halogens is 1. The molecule has 1 heterocycles. The highest BCUT2D eigenvalue weighted by molar-refractivity contribution is 9.10. The van der Waals surface area contributed by atoms with Crippen LogP contribution in [-0.4, -0.2) is 14.9 Å². The summed E-state index contributed by atoms with van der Waals surface area (Å²) in [5, 5.41) is 13.3. The van der Waals surface area contributed by atoms with Gasteiger partial charge >= 0.3 is 0 Å². The molecule has 0 spiro atoms. The molecule has 3 aromatic rings. The third-order valence-electron chi connectivity index (χ3n) is 3.38. The number of nitrogens with zero attached hydrogens (tertiary/aromatic N) is 4. The summed E-state index contributed by atoms with van der Waals surface area (Å²) in [6.07, 6.45) is 0. The summed E-state index contributed by atoms with van der Waals surface area (Å²) in [6.45, 7) is 1.86. The fraction of sp³-hybridized carbons (Fsp3) is 0.0588. The molecule has 5 nitrogen and oxygen atoms in total. The van der Waals surface area contributed by atoms with Crippen LogP contribution in [0.1, 0.15) is 5.69 Å². The van der Waals surface area contributed by atoms with E-state index < -0.39 is 0 Å². The molecule has 0 saturated carbocycles. The third kappa shape index (κ3) is 3.42. The van der Waals surface area contributed by atoms with E-state index in [-0.39, 0.29) is 5.11 Å². The van der Waals surface area contributed by atoms with Crippen molar-refractivity contribution in [3.05, 3.63) is 64.8 Å². The number of benzene rings is 2. The van der Waals surface area contributed by atoms with Crippen LogP contribution >= 0.6 is 28.1 Å². The van der Waals surface area contributed by atoms with Gasteiger partial charge in [0.25, 0.3) is 0 Å². The van der Waals surface area contributed by atoms with E-state index in [0.29, 0.717) is 11.4 Å². The summed E-state index contributed by atoms with van der Waals surface area (Å²) >= 11 is 8.52. The van der Waals surface area contributed by atoms with Crippen molar-refractivity contribution >= 4 is 44.6 Å². The first-order chi connectivity index (χ1) is 11.6. The standard InChI is InChI=1S/C17H14BrN5S/c1-11-15(21-20-14-9-7-13(18)8-10-14)16(23(22-11)17(19)24)12-5-3-2-4-6-12/h2-10H,1H3,(H2,19,24). The molecule has 0 unspecified atom stereocenters. The Kier molecular flexibility index (Phi) is 4.82. The normalized spacial score (nSPS) is 11.1. The number of rotatable bonds is 3. The van der Waals surface area contributed by atoms with Crippen LogP contribution in [0.4, 0.5) is 11.4 Å². The van der Waals surface area contributed by atoms with Crippen LogP contribution in [0.3, 0.4) is 0 Å². The molecule has 3 rings (SSSR count). The zero-order chi connectivity index (χ0) is 17.1. The molecular weight excluding hydrogens is 386 g/mol. The van der Waals surface area contributed by atoms with Crippen LogP contribution < -0.4 is 5.73 Å². The Balaban J connectivity index is 2.10. The first kappa shape index (κ1) is 16.5. The molecule has 24 heavy (non-hydrogen) atoms. The van der Waals surface area contributed by atoms with Crippen LogP contribution in [-0.2, 0) is 0 Å². The molecule has 120 valence electrons. The van der Waals surface area contributed by atoms with Gasteiger partial charge in [-0.15, -0.1) is 5.11 Å². The van der Waals surface area contributed by atoms with E-state index in [1.54, 1.807) is 0 Å². The van der Waals surface area contributed by atoms with Gasteiger partial charge in [-0.05, 0) is 43.4 Å². The molecular formula is C17H14BrN5S. The number of azo groups is 1. The summed E-state index contributed by atoms with van der Waals surface area (Å²) in [5.41, 5.74) is 9.59. The zero-order valence-corrected chi connectivity index (χ0v) is 15.3. The van der Waals surface area contributed by atoms with Crippen molar-refractivity contribution in [2.75, 3.05) is 0 Å². The monoisotopic (exact) mass is 399 g/mol. The van der Waals surface area contributed by atoms with E-state index in [9.17, 15) is 0 Å². The molecule has 7 heteroatoms. The van der Waals surface area contributed by atoms with Crippen LogP contribution in [0.25, 0.3) is 11.3 Å². The van der Waals surface area contributed by atoms with E-state index >= 15 is 0 Å².